The molecule has 0 aliphatic carbocycles. The molecule has 0 N–H and O–H groups in total. The lowest BCUT2D eigenvalue weighted by atomic mass is 10.1. The molecule has 2 heterocycles. The standard InChI is InChI=1S/C12H6N2S2/c13-7-9(8-14)12(10-3-1-5-15-10)11-4-2-6-16-11/h1-6H. The summed E-state index contributed by atoms with van der Waals surface area (Å²) in [6, 6.07) is 11.6. The van der Waals surface area contributed by atoms with Crippen molar-refractivity contribution in [3.05, 3.63) is 50.4 Å². The highest BCUT2D eigenvalue weighted by Crippen LogP contribution is 2.32. The van der Waals surface area contributed by atoms with E-state index in [0.717, 1.165) is 15.3 Å². The van der Waals surface area contributed by atoms with Gasteiger partial charge in [0.05, 0.1) is 0 Å². The summed E-state index contributed by atoms with van der Waals surface area (Å²) in [6.45, 7) is 0. The highest BCUT2D eigenvalue weighted by atomic mass is 32.1. The van der Waals surface area contributed by atoms with Gasteiger partial charge in [-0.05, 0) is 22.9 Å². The summed E-state index contributed by atoms with van der Waals surface area (Å²) < 4.78 is 0. The number of nitrogens with zero attached hydrogens (tertiary/aromatic N) is 2. The minimum absolute atomic E-state index is 0.171. The molecule has 0 amide bonds. The Hall–Kier alpha value is -1.88. The van der Waals surface area contributed by atoms with E-state index < -0.39 is 0 Å². The second-order valence-corrected chi connectivity index (χ2v) is 4.82. The van der Waals surface area contributed by atoms with Gasteiger partial charge in [-0.15, -0.1) is 22.7 Å². The first-order valence-electron chi connectivity index (χ1n) is 4.49. The van der Waals surface area contributed by atoms with E-state index in [4.69, 9.17) is 10.5 Å². The monoisotopic (exact) mass is 242 g/mol. The number of thiophene rings is 2. The van der Waals surface area contributed by atoms with Crippen LogP contribution in [0.5, 0.6) is 0 Å². The first kappa shape index (κ1) is 10.6. The van der Waals surface area contributed by atoms with E-state index in [9.17, 15) is 0 Å². The summed E-state index contributed by atoms with van der Waals surface area (Å²) in [5.74, 6) is 0. The van der Waals surface area contributed by atoms with Crippen LogP contribution in [0.1, 0.15) is 9.75 Å². The second kappa shape index (κ2) is 4.76. The van der Waals surface area contributed by atoms with Gasteiger partial charge in [-0.1, -0.05) is 12.1 Å². The quantitative estimate of drug-likeness (QED) is 0.754. The Labute approximate surface area is 101 Å². The largest absolute Gasteiger partial charge is 0.192 e. The Morgan fingerprint density at radius 1 is 0.938 bits per heavy atom. The van der Waals surface area contributed by atoms with E-state index in [1.807, 2.05) is 47.2 Å². The molecule has 0 atom stereocenters. The first-order valence-corrected chi connectivity index (χ1v) is 6.25. The van der Waals surface area contributed by atoms with Gasteiger partial charge in [0.1, 0.15) is 17.7 Å². The Morgan fingerprint density at radius 2 is 1.44 bits per heavy atom. The van der Waals surface area contributed by atoms with E-state index in [1.165, 1.54) is 22.7 Å². The maximum absolute atomic E-state index is 8.97. The van der Waals surface area contributed by atoms with Crippen molar-refractivity contribution in [2.24, 2.45) is 0 Å². The fraction of sp³-hybridized carbons (Fsp3) is 0. The molecule has 0 saturated carbocycles. The number of allylic oxidation sites excluding steroid dienone is 1. The summed E-state index contributed by atoms with van der Waals surface area (Å²) in [4.78, 5) is 1.92. The summed E-state index contributed by atoms with van der Waals surface area (Å²) in [6.07, 6.45) is 0. The third-order valence-corrected chi connectivity index (χ3v) is 3.78. The van der Waals surface area contributed by atoms with Gasteiger partial charge in [-0.3, -0.25) is 0 Å². The summed E-state index contributed by atoms with van der Waals surface area (Å²) in [7, 11) is 0. The minimum Gasteiger partial charge on any atom is -0.192 e. The predicted octanol–water partition coefficient (Wildman–Crippen LogP) is 3.66. The normalized spacial score (nSPS) is 9.12. The van der Waals surface area contributed by atoms with Crippen molar-refractivity contribution in [1.82, 2.24) is 0 Å². The number of nitriles is 2. The third kappa shape index (κ3) is 1.90. The predicted molar refractivity (Wildman–Crippen MR) is 65.9 cm³/mol. The van der Waals surface area contributed by atoms with E-state index >= 15 is 0 Å². The van der Waals surface area contributed by atoms with Crippen LogP contribution in [0.25, 0.3) is 5.57 Å². The van der Waals surface area contributed by atoms with E-state index in [-0.39, 0.29) is 5.57 Å². The van der Waals surface area contributed by atoms with Gasteiger partial charge in [0.2, 0.25) is 0 Å². The molecule has 0 aliphatic rings. The molecule has 0 unspecified atom stereocenters. The molecular weight excluding hydrogens is 236 g/mol. The Kier molecular flexibility index (Phi) is 3.16. The number of hydrogen-bond acceptors (Lipinski definition) is 4. The zero-order valence-corrected chi connectivity index (χ0v) is 9.81. The fourth-order valence-corrected chi connectivity index (χ4v) is 2.99. The molecule has 0 aromatic carbocycles. The minimum atomic E-state index is 0.171. The molecule has 0 fully saturated rings. The number of hydrogen-bond donors (Lipinski definition) is 0. The lowest BCUT2D eigenvalue weighted by Crippen LogP contribution is -1.86. The van der Waals surface area contributed by atoms with E-state index in [0.29, 0.717) is 0 Å². The molecule has 0 bridgehead atoms. The van der Waals surface area contributed by atoms with Crippen LogP contribution >= 0.6 is 22.7 Å². The molecule has 2 nitrogen and oxygen atoms in total. The van der Waals surface area contributed by atoms with Gasteiger partial charge >= 0.3 is 0 Å². The van der Waals surface area contributed by atoms with Crippen LogP contribution in [0, 0.1) is 22.7 Å². The molecule has 2 aromatic heterocycles. The van der Waals surface area contributed by atoms with Crippen molar-refractivity contribution in [3.63, 3.8) is 0 Å². The van der Waals surface area contributed by atoms with Crippen LogP contribution in [0.3, 0.4) is 0 Å². The molecule has 16 heavy (non-hydrogen) atoms. The first-order chi connectivity index (χ1) is 7.86. The lowest BCUT2D eigenvalue weighted by Gasteiger charge is -2.01. The topological polar surface area (TPSA) is 47.6 Å². The molecular formula is C12H6N2S2. The van der Waals surface area contributed by atoms with Gasteiger partial charge in [0.25, 0.3) is 0 Å². The van der Waals surface area contributed by atoms with Crippen molar-refractivity contribution in [2.75, 3.05) is 0 Å². The second-order valence-electron chi connectivity index (χ2n) is 2.93. The molecule has 0 aliphatic heterocycles. The van der Waals surface area contributed by atoms with Crippen molar-refractivity contribution in [3.8, 4) is 12.1 Å². The van der Waals surface area contributed by atoms with Crippen LogP contribution in [0.15, 0.2) is 40.6 Å². The van der Waals surface area contributed by atoms with Gasteiger partial charge in [-0.25, -0.2) is 0 Å². The molecule has 2 rings (SSSR count). The van der Waals surface area contributed by atoms with Crippen molar-refractivity contribution < 1.29 is 0 Å². The summed E-state index contributed by atoms with van der Waals surface area (Å²) in [5.41, 5.74) is 0.917. The Balaban J connectivity index is 2.66. The van der Waals surface area contributed by atoms with Crippen molar-refractivity contribution >= 4 is 28.2 Å². The van der Waals surface area contributed by atoms with Crippen LogP contribution in [0.4, 0.5) is 0 Å². The maximum atomic E-state index is 8.97. The van der Waals surface area contributed by atoms with Crippen LogP contribution in [-0.2, 0) is 0 Å². The number of rotatable bonds is 2. The average molecular weight is 242 g/mol. The SMILES string of the molecule is N#CC(C#N)=C(c1cccs1)c1cccs1. The molecule has 2 aromatic rings. The smallest absolute Gasteiger partial charge is 0.139 e. The molecule has 76 valence electrons. The van der Waals surface area contributed by atoms with Crippen LogP contribution in [0.2, 0.25) is 0 Å². The van der Waals surface area contributed by atoms with Crippen molar-refractivity contribution in [1.29, 1.82) is 10.5 Å². The average Bonchev–Trinajstić information content (AvgIpc) is 2.98. The Morgan fingerprint density at radius 3 is 1.75 bits per heavy atom. The van der Waals surface area contributed by atoms with Crippen molar-refractivity contribution in [2.45, 2.75) is 0 Å². The fourth-order valence-electron chi connectivity index (χ4n) is 1.35. The highest BCUT2D eigenvalue weighted by Gasteiger charge is 2.13. The highest BCUT2D eigenvalue weighted by molar-refractivity contribution is 7.13. The lowest BCUT2D eigenvalue weighted by molar-refractivity contribution is 1.46. The molecule has 0 spiro atoms. The van der Waals surface area contributed by atoms with Crippen LogP contribution in [-0.4, -0.2) is 0 Å². The third-order valence-electron chi connectivity index (χ3n) is 2.01. The van der Waals surface area contributed by atoms with Gasteiger partial charge in [0.15, 0.2) is 0 Å². The van der Waals surface area contributed by atoms with Gasteiger partial charge in [-0.2, -0.15) is 10.5 Å². The molecule has 4 heteroatoms. The zero-order chi connectivity index (χ0) is 11.4. The zero-order valence-electron chi connectivity index (χ0n) is 8.18. The maximum Gasteiger partial charge on any atom is 0.139 e. The summed E-state index contributed by atoms with van der Waals surface area (Å²) in [5, 5.41) is 21.8. The molecule has 0 radical (unpaired) electrons. The van der Waals surface area contributed by atoms with Gasteiger partial charge < -0.3 is 0 Å². The Bertz CT molecular complexity index is 526. The van der Waals surface area contributed by atoms with E-state index in [2.05, 4.69) is 0 Å². The molecule has 0 saturated heterocycles. The summed E-state index contributed by atoms with van der Waals surface area (Å²) >= 11 is 3.07. The van der Waals surface area contributed by atoms with Gasteiger partial charge in [0, 0.05) is 15.3 Å². The van der Waals surface area contributed by atoms with Crippen LogP contribution < -0.4 is 0 Å². The van der Waals surface area contributed by atoms with E-state index in [1.54, 1.807) is 0 Å².